The van der Waals surface area contributed by atoms with Crippen LogP contribution in [0.15, 0.2) is 12.7 Å². The molecule has 12 heteroatoms. The van der Waals surface area contributed by atoms with Gasteiger partial charge in [0.05, 0.1) is 6.04 Å². The van der Waals surface area contributed by atoms with Crippen molar-refractivity contribution in [2.45, 2.75) is 151 Å². The molecule has 0 bridgehead atoms. The average molecular weight is 694 g/mol. The van der Waals surface area contributed by atoms with E-state index >= 15 is 0 Å². The summed E-state index contributed by atoms with van der Waals surface area (Å²) in [4.78, 5) is 79.4. The number of nitrogens with zero attached hydrogens (tertiary/aromatic N) is 1. The number of urea groups is 1. The molecule has 4 N–H and O–H groups in total. The molecule has 49 heavy (non-hydrogen) atoms. The first-order chi connectivity index (χ1) is 23.0. The third-order valence-electron chi connectivity index (χ3n) is 7.85. The molecule has 0 aromatic rings. The Bertz CT molecular complexity index is 1060. The highest BCUT2D eigenvalue weighted by Crippen LogP contribution is 2.31. The van der Waals surface area contributed by atoms with Crippen LogP contribution < -0.4 is 21.3 Å². The van der Waals surface area contributed by atoms with Crippen LogP contribution in [0.3, 0.4) is 0 Å². The Morgan fingerprint density at radius 1 is 0.939 bits per heavy atom. The fourth-order valence-electron chi connectivity index (χ4n) is 5.69. The van der Waals surface area contributed by atoms with Gasteiger partial charge in [0.2, 0.25) is 17.6 Å². The van der Waals surface area contributed by atoms with E-state index < -0.39 is 53.3 Å². The number of unbranched alkanes of at least 4 members (excludes halogenated alkanes) is 1. The third kappa shape index (κ3) is 17.7. The summed E-state index contributed by atoms with van der Waals surface area (Å²) in [6.45, 7) is 23.1. The highest BCUT2D eigenvalue weighted by molar-refractivity contribution is 6.38. The van der Waals surface area contributed by atoms with Gasteiger partial charge in [-0.25, -0.2) is 4.79 Å². The van der Waals surface area contributed by atoms with E-state index in [1.54, 1.807) is 20.8 Å². The monoisotopic (exact) mass is 694 g/mol. The van der Waals surface area contributed by atoms with Crippen LogP contribution >= 0.6 is 0 Å². The third-order valence-corrected chi connectivity index (χ3v) is 7.85. The van der Waals surface area contributed by atoms with Crippen LogP contribution in [-0.2, 0) is 28.7 Å². The van der Waals surface area contributed by atoms with Crippen molar-refractivity contribution in [2.24, 2.45) is 17.8 Å². The second-order valence-corrected chi connectivity index (χ2v) is 14.3. The van der Waals surface area contributed by atoms with Gasteiger partial charge in [0.15, 0.2) is 0 Å². The van der Waals surface area contributed by atoms with Gasteiger partial charge < -0.3 is 30.9 Å². The molecule has 2 aliphatic rings. The molecule has 1 saturated carbocycles. The summed E-state index contributed by atoms with van der Waals surface area (Å²) < 4.78 is 5.24. The first kappa shape index (κ1) is 45.6. The maximum absolute atomic E-state index is 14.1. The van der Waals surface area contributed by atoms with Gasteiger partial charge >= 0.3 is 12.0 Å². The average Bonchev–Trinajstić information content (AvgIpc) is 3.44. The quantitative estimate of drug-likeness (QED) is 0.112. The van der Waals surface area contributed by atoms with Crippen LogP contribution in [0.2, 0.25) is 0 Å². The lowest BCUT2D eigenvalue weighted by Gasteiger charge is -2.35. The number of carbonyl (C=O) groups excluding carboxylic acids is 6. The number of likely N-dealkylation sites (tertiary alicyclic amines) is 1. The number of ether oxygens (including phenoxy) is 1. The minimum absolute atomic E-state index is 0.124. The van der Waals surface area contributed by atoms with E-state index in [4.69, 9.17) is 4.74 Å². The normalized spacial score (nSPS) is 18.7. The van der Waals surface area contributed by atoms with E-state index in [0.29, 0.717) is 25.8 Å². The Hall–Kier alpha value is -3.44. The lowest BCUT2D eigenvalue weighted by Crippen LogP contribution is -2.59. The molecule has 0 radical (unpaired) electrons. The Kier molecular flexibility index (Phi) is 22.2. The molecule has 0 spiro atoms. The van der Waals surface area contributed by atoms with Crippen molar-refractivity contribution < 1.29 is 33.5 Å². The van der Waals surface area contributed by atoms with Crippen LogP contribution in [0.4, 0.5) is 4.79 Å². The summed E-state index contributed by atoms with van der Waals surface area (Å²) in [7, 11) is 0. The van der Waals surface area contributed by atoms with Crippen LogP contribution in [-0.4, -0.2) is 83.8 Å². The molecule has 282 valence electrons. The lowest BCUT2D eigenvalue weighted by atomic mass is 9.83. The number of nitrogens with one attached hydrogen (secondary N) is 4. The molecule has 12 nitrogen and oxygen atoms in total. The Morgan fingerprint density at radius 3 is 2.06 bits per heavy atom. The molecule has 1 saturated heterocycles. The van der Waals surface area contributed by atoms with Crippen molar-refractivity contribution in [1.82, 2.24) is 26.2 Å². The minimum Gasteiger partial charge on any atom is -0.459 e. The molecule has 2 fully saturated rings. The summed E-state index contributed by atoms with van der Waals surface area (Å²) in [6, 6.07) is -3.44. The van der Waals surface area contributed by atoms with E-state index in [0.717, 1.165) is 44.4 Å². The first-order valence-corrected chi connectivity index (χ1v) is 18.3. The van der Waals surface area contributed by atoms with Crippen molar-refractivity contribution in [1.29, 1.82) is 0 Å². The standard InChI is InChI=1S/C31H51N5O7.C4H10.C2H6/c1-7-9-15-22(26(38)28(40)32-17-8-2)34-27(39)25-20(3)16-18-36(25)29(41)24(21-13-11-10-12-14-21)35-30(42)33-19-23(37)43-31(4,5)6;1-4(2)3;1-2/h8,20-22,24-25H,2,7,9-19H2,1,3-6H3,(H,32,40)(H,34,39)(H2,33,35,42);4H,1-3H3;1-2H3/t20-,22?,24?,25?;;/m0../s1. The summed E-state index contributed by atoms with van der Waals surface area (Å²) in [5.74, 6) is -2.50. The van der Waals surface area contributed by atoms with Crippen molar-refractivity contribution in [3.63, 3.8) is 0 Å². The fourth-order valence-corrected chi connectivity index (χ4v) is 5.69. The number of ketones is 1. The first-order valence-electron chi connectivity index (χ1n) is 18.3. The highest BCUT2D eigenvalue weighted by Gasteiger charge is 2.44. The number of carbonyl (C=O) groups is 6. The summed E-state index contributed by atoms with van der Waals surface area (Å²) in [6.07, 6.45) is 8.10. The summed E-state index contributed by atoms with van der Waals surface area (Å²) in [5.41, 5.74) is -0.701. The number of esters is 1. The lowest BCUT2D eigenvalue weighted by molar-refractivity contribution is -0.153. The second-order valence-electron chi connectivity index (χ2n) is 14.3. The van der Waals surface area contributed by atoms with Gasteiger partial charge in [-0.1, -0.05) is 86.6 Å². The van der Waals surface area contributed by atoms with Crippen LogP contribution in [0, 0.1) is 17.8 Å². The molecule has 1 heterocycles. The predicted octanol–water partition coefficient (Wildman–Crippen LogP) is 5.05. The van der Waals surface area contributed by atoms with Gasteiger partial charge in [-0.3, -0.25) is 24.0 Å². The molecule has 3 unspecified atom stereocenters. The van der Waals surface area contributed by atoms with Crippen LogP contribution in [0.5, 0.6) is 0 Å². The summed E-state index contributed by atoms with van der Waals surface area (Å²) >= 11 is 0. The number of Topliss-reactive ketones (excluding diaryl/α,β-unsaturated/α-hetero) is 1. The second kappa shape index (κ2) is 23.8. The minimum atomic E-state index is -1.02. The zero-order valence-corrected chi connectivity index (χ0v) is 32.0. The number of hydrogen-bond acceptors (Lipinski definition) is 7. The maximum Gasteiger partial charge on any atom is 0.325 e. The molecule has 2 rings (SSSR count). The zero-order valence-electron chi connectivity index (χ0n) is 32.0. The van der Waals surface area contributed by atoms with E-state index in [-0.39, 0.29) is 30.8 Å². The Balaban J connectivity index is 0.00000356. The van der Waals surface area contributed by atoms with Crippen molar-refractivity contribution in [2.75, 3.05) is 19.6 Å². The Labute approximate surface area is 295 Å². The molecule has 5 amide bonds. The van der Waals surface area contributed by atoms with E-state index in [9.17, 15) is 28.8 Å². The molecule has 1 aliphatic heterocycles. The number of hydrogen-bond donors (Lipinski definition) is 4. The molecular weight excluding hydrogens is 626 g/mol. The predicted molar refractivity (Wildman–Crippen MR) is 194 cm³/mol. The van der Waals surface area contributed by atoms with Crippen molar-refractivity contribution in [3.8, 4) is 0 Å². The Morgan fingerprint density at radius 2 is 1.53 bits per heavy atom. The SMILES string of the molecule is C=CCNC(=O)C(=O)C(CCCC)NC(=O)C1[C@@H](C)CCN1C(=O)C(NC(=O)NCC(=O)OC(C)(C)C)C1CCCCC1.CC.CC(C)C. The summed E-state index contributed by atoms with van der Waals surface area (Å²) in [5, 5.41) is 10.5. The zero-order chi connectivity index (χ0) is 37.7. The van der Waals surface area contributed by atoms with E-state index in [2.05, 4.69) is 48.6 Å². The van der Waals surface area contributed by atoms with Gasteiger partial charge in [0.25, 0.3) is 5.91 Å². The molecular formula is C37H67N5O7. The van der Waals surface area contributed by atoms with Gasteiger partial charge in [-0.05, 0) is 64.2 Å². The topological polar surface area (TPSA) is 163 Å². The fraction of sp³-hybridized carbons (Fsp3) is 0.784. The molecule has 1 aliphatic carbocycles. The number of rotatable bonds is 14. The molecule has 0 aromatic heterocycles. The maximum atomic E-state index is 14.1. The number of amides is 5. The van der Waals surface area contributed by atoms with Gasteiger partial charge in [-0.15, -0.1) is 6.58 Å². The van der Waals surface area contributed by atoms with Gasteiger partial charge in [0.1, 0.15) is 24.2 Å². The van der Waals surface area contributed by atoms with E-state index in [1.165, 1.54) is 11.0 Å². The molecule has 4 atom stereocenters. The van der Waals surface area contributed by atoms with Crippen molar-refractivity contribution >= 4 is 35.5 Å². The largest absolute Gasteiger partial charge is 0.459 e. The highest BCUT2D eigenvalue weighted by atomic mass is 16.6. The smallest absolute Gasteiger partial charge is 0.325 e. The van der Waals surface area contributed by atoms with Crippen LogP contribution in [0.25, 0.3) is 0 Å². The molecule has 0 aromatic carbocycles. The van der Waals surface area contributed by atoms with E-state index in [1.807, 2.05) is 27.7 Å². The van der Waals surface area contributed by atoms with Gasteiger partial charge in [-0.2, -0.15) is 0 Å². The van der Waals surface area contributed by atoms with Gasteiger partial charge in [0, 0.05) is 13.1 Å². The van der Waals surface area contributed by atoms with Crippen molar-refractivity contribution in [3.05, 3.63) is 12.7 Å². The van der Waals surface area contributed by atoms with Crippen LogP contribution in [0.1, 0.15) is 127 Å².